The molecule has 3 rings (SSSR count). The van der Waals surface area contributed by atoms with E-state index < -0.39 is 17.5 Å². The smallest absolute Gasteiger partial charge is 0.277 e. The minimum absolute atomic E-state index is 0.0277. The lowest BCUT2D eigenvalue weighted by molar-refractivity contribution is -0.113. The van der Waals surface area contributed by atoms with Gasteiger partial charge in [0.2, 0.25) is 5.91 Å². The van der Waals surface area contributed by atoms with Crippen LogP contribution in [0.4, 0.5) is 14.5 Å². The molecule has 1 N–H and O–H groups in total. The Labute approximate surface area is 154 Å². The van der Waals surface area contributed by atoms with E-state index in [-0.39, 0.29) is 28.1 Å². The van der Waals surface area contributed by atoms with Gasteiger partial charge in [0.1, 0.15) is 11.6 Å². The Hall–Kier alpha value is -2.26. The monoisotopic (exact) mass is 425 g/mol. The van der Waals surface area contributed by atoms with Gasteiger partial charge in [0, 0.05) is 4.47 Å². The van der Waals surface area contributed by atoms with Crippen LogP contribution in [0.5, 0.6) is 0 Å². The summed E-state index contributed by atoms with van der Waals surface area (Å²) in [4.78, 5) is 11.9. The van der Waals surface area contributed by atoms with E-state index in [2.05, 4.69) is 31.4 Å². The summed E-state index contributed by atoms with van der Waals surface area (Å²) in [5.41, 5.74) is 0.259. The summed E-state index contributed by atoms with van der Waals surface area (Å²) in [5, 5.41) is 10.1. The molecule has 0 spiro atoms. The van der Waals surface area contributed by atoms with Gasteiger partial charge in [-0.25, -0.2) is 8.78 Å². The highest BCUT2D eigenvalue weighted by Gasteiger charge is 2.14. The van der Waals surface area contributed by atoms with Crippen LogP contribution in [0, 0.1) is 11.6 Å². The van der Waals surface area contributed by atoms with Crippen LogP contribution in [-0.2, 0) is 4.79 Å². The van der Waals surface area contributed by atoms with E-state index in [0.29, 0.717) is 4.47 Å². The third-order valence-corrected chi connectivity index (χ3v) is 4.35. The number of halogens is 3. The molecule has 0 saturated carbocycles. The Bertz CT molecular complexity index is 920. The minimum atomic E-state index is -0.549. The second-order valence-corrected chi connectivity index (χ2v) is 6.66. The van der Waals surface area contributed by atoms with Crippen molar-refractivity contribution in [3.8, 4) is 11.5 Å². The minimum Gasteiger partial charge on any atom is -0.411 e. The molecule has 0 unspecified atom stereocenters. The lowest BCUT2D eigenvalue weighted by Crippen LogP contribution is -2.15. The molecule has 0 atom stereocenters. The van der Waals surface area contributed by atoms with Gasteiger partial charge >= 0.3 is 0 Å². The zero-order valence-corrected chi connectivity index (χ0v) is 14.9. The van der Waals surface area contributed by atoms with Gasteiger partial charge in [-0.1, -0.05) is 39.8 Å². The molecular formula is C16H10BrF2N3O2S. The predicted octanol–water partition coefficient (Wildman–Crippen LogP) is 4.51. The predicted molar refractivity (Wildman–Crippen MR) is 93.1 cm³/mol. The van der Waals surface area contributed by atoms with Crippen LogP contribution >= 0.6 is 27.7 Å². The van der Waals surface area contributed by atoms with Crippen LogP contribution in [0.2, 0.25) is 0 Å². The van der Waals surface area contributed by atoms with Crippen molar-refractivity contribution >= 4 is 39.3 Å². The maximum Gasteiger partial charge on any atom is 0.277 e. The fraction of sp³-hybridized carbons (Fsp3) is 0.0625. The quantitative estimate of drug-likeness (QED) is 0.609. The number of rotatable bonds is 5. The maximum atomic E-state index is 13.7. The molecule has 0 fully saturated rings. The summed E-state index contributed by atoms with van der Waals surface area (Å²) in [6, 6.07) is 10.3. The van der Waals surface area contributed by atoms with Crippen molar-refractivity contribution < 1.29 is 18.0 Å². The van der Waals surface area contributed by atoms with Gasteiger partial charge in [-0.15, -0.1) is 10.2 Å². The van der Waals surface area contributed by atoms with Gasteiger partial charge in [0.25, 0.3) is 11.1 Å². The van der Waals surface area contributed by atoms with E-state index in [1.165, 1.54) is 24.3 Å². The second-order valence-electron chi connectivity index (χ2n) is 4.81. The first kappa shape index (κ1) is 17.6. The molecule has 0 bridgehead atoms. The highest BCUT2D eigenvalue weighted by Crippen LogP contribution is 2.25. The fourth-order valence-corrected chi connectivity index (χ4v) is 2.81. The van der Waals surface area contributed by atoms with E-state index in [1.807, 2.05) is 0 Å². The Kier molecular flexibility index (Phi) is 5.44. The molecule has 0 saturated heterocycles. The summed E-state index contributed by atoms with van der Waals surface area (Å²) in [6.07, 6.45) is 0. The SMILES string of the molecule is O=C(CSc1nnc(-c2ccccc2F)o1)Nc1ccc(Br)cc1F. The molecule has 2 aromatic carbocycles. The molecule has 0 aliphatic heterocycles. The topological polar surface area (TPSA) is 68.0 Å². The van der Waals surface area contributed by atoms with Gasteiger partial charge in [0.05, 0.1) is 17.0 Å². The molecule has 9 heteroatoms. The number of thioether (sulfide) groups is 1. The lowest BCUT2D eigenvalue weighted by atomic mass is 10.2. The number of carbonyl (C=O) groups excluding carboxylic acids is 1. The van der Waals surface area contributed by atoms with Crippen LogP contribution in [-0.4, -0.2) is 21.9 Å². The van der Waals surface area contributed by atoms with Crippen molar-refractivity contribution in [1.82, 2.24) is 10.2 Å². The van der Waals surface area contributed by atoms with Gasteiger partial charge < -0.3 is 9.73 Å². The van der Waals surface area contributed by atoms with Gasteiger partial charge in [-0.3, -0.25) is 4.79 Å². The van der Waals surface area contributed by atoms with Crippen LogP contribution < -0.4 is 5.32 Å². The molecule has 1 heterocycles. The molecule has 0 radical (unpaired) electrons. The molecule has 5 nitrogen and oxygen atoms in total. The summed E-state index contributed by atoms with van der Waals surface area (Å²) < 4.78 is 33.2. The molecule has 0 aliphatic rings. The molecule has 3 aromatic rings. The highest BCUT2D eigenvalue weighted by atomic mass is 79.9. The third kappa shape index (κ3) is 4.43. The summed E-state index contributed by atoms with van der Waals surface area (Å²) in [6.45, 7) is 0. The number of carbonyl (C=O) groups is 1. The zero-order chi connectivity index (χ0) is 17.8. The lowest BCUT2D eigenvalue weighted by Gasteiger charge is -2.05. The van der Waals surface area contributed by atoms with E-state index in [9.17, 15) is 13.6 Å². The summed E-state index contributed by atoms with van der Waals surface area (Å²) in [5.74, 6) is -1.50. The number of hydrogen-bond acceptors (Lipinski definition) is 5. The number of anilines is 1. The van der Waals surface area contributed by atoms with Crippen LogP contribution in [0.25, 0.3) is 11.5 Å². The average Bonchev–Trinajstić information content (AvgIpc) is 3.05. The second kappa shape index (κ2) is 7.75. The van der Waals surface area contributed by atoms with Crippen LogP contribution in [0.3, 0.4) is 0 Å². The van der Waals surface area contributed by atoms with E-state index in [0.717, 1.165) is 11.8 Å². The number of hydrogen-bond donors (Lipinski definition) is 1. The Balaban J connectivity index is 1.60. The summed E-state index contributed by atoms with van der Waals surface area (Å²) in [7, 11) is 0. The Morgan fingerprint density at radius 2 is 1.96 bits per heavy atom. The largest absolute Gasteiger partial charge is 0.411 e. The fourth-order valence-electron chi connectivity index (χ4n) is 1.92. The molecule has 25 heavy (non-hydrogen) atoms. The number of benzene rings is 2. The number of amides is 1. The van der Waals surface area contributed by atoms with E-state index >= 15 is 0 Å². The van der Waals surface area contributed by atoms with E-state index in [1.54, 1.807) is 18.2 Å². The van der Waals surface area contributed by atoms with Crippen molar-refractivity contribution in [2.75, 3.05) is 11.1 Å². The van der Waals surface area contributed by atoms with Gasteiger partial charge in [-0.05, 0) is 30.3 Å². The first-order chi connectivity index (χ1) is 12.0. The van der Waals surface area contributed by atoms with Gasteiger partial charge in [-0.2, -0.15) is 0 Å². The number of nitrogens with one attached hydrogen (secondary N) is 1. The highest BCUT2D eigenvalue weighted by molar-refractivity contribution is 9.10. The van der Waals surface area contributed by atoms with Crippen molar-refractivity contribution in [2.24, 2.45) is 0 Å². The Morgan fingerprint density at radius 1 is 1.16 bits per heavy atom. The summed E-state index contributed by atoms with van der Waals surface area (Å²) >= 11 is 4.11. The maximum absolute atomic E-state index is 13.7. The zero-order valence-electron chi connectivity index (χ0n) is 12.5. The number of nitrogens with zero attached hydrogens (tertiary/aromatic N) is 2. The van der Waals surface area contributed by atoms with Crippen molar-refractivity contribution in [2.45, 2.75) is 5.22 Å². The first-order valence-electron chi connectivity index (χ1n) is 6.99. The van der Waals surface area contributed by atoms with Crippen molar-refractivity contribution in [3.05, 3.63) is 58.6 Å². The average molecular weight is 426 g/mol. The number of aromatic nitrogens is 2. The van der Waals surface area contributed by atoms with Gasteiger partial charge in [0.15, 0.2) is 0 Å². The third-order valence-electron chi connectivity index (χ3n) is 3.04. The molecule has 1 aromatic heterocycles. The standard InChI is InChI=1S/C16H10BrF2N3O2S/c17-9-5-6-13(12(19)7-9)20-14(23)8-25-16-22-21-15(24-16)10-3-1-2-4-11(10)18/h1-7H,8H2,(H,20,23). The molecule has 1 amide bonds. The van der Waals surface area contributed by atoms with Crippen LogP contribution in [0.15, 0.2) is 56.6 Å². The molecular weight excluding hydrogens is 416 g/mol. The van der Waals surface area contributed by atoms with Crippen molar-refractivity contribution in [1.29, 1.82) is 0 Å². The van der Waals surface area contributed by atoms with Crippen molar-refractivity contribution in [3.63, 3.8) is 0 Å². The first-order valence-corrected chi connectivity index (χ1v) is 8.77. The van der Waals surface area contributed by atoms with Crippen LogP contribution in [0.1, 0.15) is 0 Å². The molecule has 128 valence electrons. The normalized spacial score (nSPS) is 10.7. The Morgan fingerprint density at radius 3 is 2.72 bits per heavy atom. The van der Waals surface area contributed by atoms with E-state index in [4.69, 9.17) is 4.42 Å². The molecule has 0 aliphatic carbocycles.